The van der Waals surface area contributed by atoms with Gasteiger partial charge in [0.1, 0.15) is 24.6 Å². The Morgan fingerprint density at radius 3 is 2.59 bits per heavy atom. The van der Waals surface area contributed by atoms with E-state index in [4.69, 9.17) is 14.2 Å². The molecular weight excluding hydrogens is 472 g/mol. The Kier molecular flexibility index (Phi) is 8.68. The van der Waals surface area contributed by atoms with E-state index in [-0.39, 0.29) is 19.1 Å². The minimum atomic E-state index is -1.22. The van der Waals surface area contributed by atoms with Crippen molar-refractivity contribution < 1.29 is 24.1 Å². The summed E-state index contributed by atoms with van der Waals surface area (Å²) in [6.45, 7) is 7.04. The van der Waals surface area contributed by atoms with E-state index in [1.165, 1.54) is 6.92 Å². The highest BCUT2D eigenvalue weighted by molar-refractivity contribution is 5.73. The van der Waals surface area contributed by atoms with Crippen LogP contribution in [0.5, 0.6) is 17.2 Å². The second kappa shape index (κ2) is 12.1. The number of aryl methyl sites for hydroxylation is 1. The SMILES string of the molecule is COc1ccc(CN2CCN(C(C)=O)C[C@@](O)(COc3ccc(C)cc3)C2)cc1OCCn1cccn1. The first-order valence-corrected chi connectivity index (χ1v) is 12.5. The lowest BCUT2D eigenvalue weighted by molar-refractivity contribution is -0.132. The number of nitrogens with zero attached hydrogens (tertiary/aromatic N) is 4. The van der Waals surface area contributed by atoms with E-state index in [1.807, 2.05) is 66.3 Å². The van der Waals surface area contributed by atoms with Crippen molar-refractivity contribution >= 4 is 5.91 Å². The number of β-amino-alcohol motifs (C(OH)–C–C–N with tert-alkyl or cyclic N) is 1. The van der Waals surface area contributed by atoms with Gasteiger partial charge >= 0.3 is 0 Å². The molecule has 0 aliphatic carbocycles. The molecule has 198 valence electrons. The van der Waals surface area contributed by atoms with E-state index in [1.54, 1.807) is 18.2 Å². The number of benzene rings is 2. The highest BCUT2D eigenvalue weighted by atomic mass is 16.5. The number of methoxy groups -OCH3 is 1. The number of amides is 1. The van der Waals surface area contributed by atoms with E-state index in [2.05, 4.69) is 10.00 Å². The number of hydrogen-bond donors (Lipinski definition) is 1. The van der Waals surface area contributed by atoms with Gasteiger partial charge in [0.05, 0.1) is 20.2 Å². The zero-order chi connectivity index (χ0) is 26.3. The van der Waals surface area contributed by atoms with E-state index >= 15 is 0 Å². The van der Waals surface area contributed by atoms with Crippen molar-refractivity contribution in [3.8, 4) is 17.2 Å². The zero-order valence-corrected chi connectivity index (χ0v) is 21.8. The van der Waals surface area contributed by atoms with Gasteiger partial charge in [-0.05, 0) is 42.8 Å². The second-order valence-electron chi connectivity index (χ2n) is 9.58. The van der Waals surface area contributed by atoms with Gasteiger partial charge in [-0.15, -0.1) is 0 Å². The lowest BCUT2D eigenvalue weighted by Crippen LogP contribution is -2.51. The zero-order valence-electron chi connectivity index (χ0n) is 21.8. The Hall–Kier alpha value is -3.56. The van der Waals surface area contributed by atoms with Gasteiger partial charge in [0.15, 0.2) is 11.5 Å². The van der Waals surface area contributed by atoms with Gasteiger partial charge in [0, 0.05) is 45.5 Å². The molecule has 2 aromatic carbocycles. The van der Waals surface area contributed by atoms with E-state index in [0.29, 0.717) is 56.6 Å². The first-order chi connectivity index (χ1) is 17.8. The highest BCUT2D eigenvalue weighted by Crippen LogP contribution is 2.29. The summed E-state index contributed by atoms with van der Waals surface area (Å²) >= 11 is 0. The van der Waals surface area contributed by atoms with Crippen LogP contribution in [0.1, 0.15) is 18.1 Å². The summed E-state index contributed by atoms with van der Waals surface area (Å²) in [6, 6.07) is 15.5. The molecule has 9 nitrogen and oxygen atoms in total. The summed E-state index contributed by atoms with van der Waals surface area (Å²) in [5.74, 6) is 1.94. The van der Waals surface area contributed by atoms with E-state index < -0.39 is 5.60 Å². The molecule has 3 aromatic rings. The molecule has 1 aliphatic rings. The molecule has 1 fully saturated rings. The van der Waals surface area contributed by atoms with Crippen LogP contribution in [0.2, 0.25) is 0 Å². The van der Waals surface area contributed by atoms with Crippen LogP contribution in [0.25, 0.3) is 0 Å². The molecule has 4 rings (SSSR count). The number of rotatable bonds is 10. The minimum Gasteiger partial charge on any atom is -0.493 e. The summed E-state index contributed by atoms with van der Waals surface area (Å²) < 4.78 is 19.3. The molecule has 1 saturated heterocycles. The molecule has 1 amide bonds. The topological polar surface area (TPSA) is 89.3 Å². The molecule has 0 radical (unpaired) electrons. The molecule has 1 atom stereocenters. The van der Waals surface area contributed by atoms with Gasteiger partial charge in [-0.1, -0.05) is 23.8 Å². The van der Waals surface area contributed by atoms with Gasteiger partial charge in [-0.25, -0.2) is 0 Å². The molecular formula is C28H36N4O5. The maximum absolute atomic E-state index is 12.2. The number of aliphatic hydroxyl groups is 1. The Bertz CT molecular complexity index is 1150. The fourth-order valence-corrected chi connectivity index (χ4v) is 4.46. The van der Waals surface area contributed by atoms with Crippen molar-refractivity contribution in [2.24, 2.45) is 0 Å². The standard InChI is InChI=1S/C28H36N4O5/c1-22-5-8-25(9-6-22)37-21-28(34)19-30(13-14-31(20-28)23(2)33)18-24-7-10-26(35-3)27(17-24)36-16-15-32-12-4-11-29-32/h4-12,17,34H,13-16,18-21H2,1-3H3/t28-/m1/s1. The van der Waals surface area contributed by atoms with E-state index in [9.17, 15) is 9.90 Å². The number of carbonyl (C=O) groups excluding carboxylic acids is 1. The van der Waals surface area contributed by atoms with Gasteiger partial charge < -0.3 is 24.2 Å². The predicted molar refractivity (Wildman–Crippen MR) is 140 cm³/mol. The number of hydrogen-bond acceptors (Lipinski definition) is 7. The molecule has 9 heteroatoms. The summed E-state index contributed by atoms with van der Waals surface area (Å²) in [4.78, 5) is 16.1. The van der Waals surface area contributed by atoms with Crippen molar-refractivity contribution in [3.05, 3.63) is 72.1 Å². The Morgan fingerprint density at radius 1 is 1.08 bits per heavy atom. The number of ether oxygens (including phenoxy) is 3. The average molecular weight is 509 g/mol. The molecule has 2 heterocycles. The average Bonchev–Trinajstić information content (AvgIpc) is 3.33. The third-order valence-corrected chi connectivity index (χ3v) is 6.43. The summed E-state index contributed by atoms with van der Waals surface area (Å²) in [7, 11) is 1.62. The van der Waals surface area contributed by atoms with Crippen LogP contribution in [0.3, 0.4) is 0 Å². The predicted octanol–water partition coefficient (Wildman–Crippen LogP) is 2.75. The number of carbonyl (C=O) groups is 1. The summed E-state index contributed by atoms with van der Waals surface area (Å²) in [6.07, 6.45) is 3.63. The lowest BCUT2D eigenvalue weighted by atomic mass is 10.0. The molecule has 1 aromatic heterocycles. The molecule has 1 aliphatic heterocycles. The van der Waals surface area contributed by atoms with Crippen LogP contribution in [0.4, 0.5) is 0 Å². The quantitative estimate of drug-likeness (QED) is 0.451. The van der Waals surface area contributed by atoms with Crippen LogP contribution in [0, 0.1) is 6.92 Å². The fraction of sp³-hybridized carbons (Fsp3) is 0.429. The molecule has 0 saturated carbocycles. The first-order valence-electron chi connectivity index (χ1n) is 12.5. The maximum atomic E-state index is 12.2. The normalized spacial score (nSPS) is 18.3. The third-order valence-electron chi connectivity index (χ3n) is 6.43. The maximum Gasteiger partial charge on any atom is 0.219 e. The third kappa shape index (κ3) is 7.47. The van der Waals surface area contributed by atoms with Crippen LogP contribution < -0.4 is 14.2 Å². The molecule has 1 N–H and O–H groups in total. The van der Waals surface area contributed by atoms with Crippen molar-refractivity contribution in [1.29, 1.82) is 0 Å². The van der Waals surface area contributed by atoms with Gasteiger partial charge in [0.25, 0.3) is 0 Å². The smallest absolute Gasteiger partial charge is 0.219 e. The van der Waals surface area contributed by atoms with Crippen molar-refractivity contribution in [1.82, 2.24) is 19.6 Å². The largest absolute Gasteiger partial charge is 0.493 e. The molecule has 0 bridgehead atoms. The van der Waals surface area contributed by atoms with Gasteiger partial charge in [0.2, 0.25) is 5.91 Å². The number of aromatic nitrogens is 2. The van der Waals surface area contributed by atoms with Crippen molar-refractivity contribution in [3.63, 3.8) is 0 Å². The van der Waals surface area contributed by atoms with Gasteiger partial charge in [-0.2, -0.15) is 5.10 Å². The van der Waals surface area contributed by atoms with Gasteiger partial charge in [-0.3, -0.25) is 14.4 Å². The Labute approximate surface area is 218 Å². The first kappa shape index (κ1) is 26.5. The molecule has 0 unspecified atom stereocenters. The van der Waals surface area contributed by atoms with Crippen LogP contribution >= 0.6 is 0 Å². The Balaban J connectivity index is 1.44. The Morgan fingerprint density at radius 2 is 1.89 bits per heavy atom. The summed E-state index contributed by atoms with van der Waals surface area (Å²) in [5.41, 5.74) is 0.939. The minimum absolute atomic E-state index is 0.0621. The lowest BCUT2D eigenvalue weighted by Gasteiger charge is -2.32. The van der Waals surface area contributed by atoms with Crippen LogP contribution in [-0.2, 0) is 17.9 Å². The molecule has 37 heavy (non-hydrogen) atoms. The fourth-order valence-electron chi connectivity index (χ4n) is 4.46. The van der Waals surface area contributed by atoms with Crippen LogP contribution in [0.15, 0.2) is 60.9 Å². The molecule has 0 spiro atoms. The van der Waals surface area contributed by atoms with Crippen molar-refractivity contribution in [2.75, 3.05) is 46.5 Å². The second-order valence-corrected chi connectivity index (χ2v) is 9.58. The van der Waals surface area contributed by atoms with Crippen molar-refractivity contribution in [2.45, 2.75) is 32.5 Å². The monoisotopic (exact) mass is 508 g/mol. The van der Waals surface area contributed by atoms with Crippen LogP contribution in [-0.4, -0.2) is 82.7 Å². The highest BCUT2D eigenvalue weighted by Gasteiger charge is 2.37. The van der Waals surface area contributed by atoms with E-state index in [0.717, 1.165) is 11.1 Å². The summed E-state index contributed by atoms with van der Waals surface area (Å²) in [5, 5.41) is 15.8.